The second-order valence-corrected chi connectivity index (χ2v) is 4.41. The van der Waals surface area contributed by atoms with Gasteiger partial charge in [-0.25, -0.2) is 4.68 Å². The molecule has 0 N–H and O–H groups in total. The number of Topliss-reactive ketones (excluding diaryl/α,β-unsaturated/α-hetero) is 1. The lowest BCUT2D eigenvalue weighted by molar-refractivity contribution is -0.0888. The predicted molar refractivity (Wildman–Crippen MR) is 69.3 cm³/mol. The Labute approximate surface area is 116 Å². The van der Waals surface area contributed by atoms with Gasteiger partial charge >= 0.3 is 6.18 Å². The Bertz CT molecular complexity index is 823. The highest BCUT2D eigenvalue weighted by Gasteiger charge is 2.41. The lowest BCUT2D eigenvalue weighted by Gasteiger charge is -2.03. The van der Waals surface area contributed by atoms with E-state index in [9.17, 15) is 18.0 Å². The second-order valence-electron chi connectivity index (χ2n) is 4.41. The molecule has 0 spiro atoms. The van der Waals surface area contributed by atoms with E-state index < -0.39 is 17.7 Å². The maximum absolute atomic E-state index is 12.3. The van der Waals surface area contributed by atoms with Gasteiger partial charge in [0.25, 0.3) is 5.78 Å². The molecule has 7 heteroatoms. The molecular formula is C14H8F3N3O. The molecule has 0 aliphatic rings. The van der Waals surface area contributed by atoms with E-state index in [1.165, 1.54) is 0 Å². The molecule has 0 amide bonds. The van der Waals surface area contributed by atoms with Crippen molar-refractivity contribution in [1.82, 2.24) is 15.0 Å². The van der Waals surface area contributed by atoms with Crippen LogP contribution in [-0.2, 0) is 0 Å². The quantitative estimate of drug-likeness (QED) is 0.681. The number of ketones is 1. The monoisotopic (exact) mass is 291 g/mol. The van der Waals surface area contributed by atoms with Crippen molar-refractivity contribution in [1.29, 1.82) is 0 Å². The molecule has 0 aliphatic heterocycles. The topological polar surface area (TPSA) is 47.8 Å². The molecule has 1 heterocycles. The molecule has 0 fully saturated rings. The molecule has 0 saturated carbocycles. The molecule has 106 valence electrons. The SMILES string of the molecule is O=C(c1cn(-c2ccc3ccccc3c2)nn1)C(F)(F)F. The van der Waals surface area contributed by atoms with Crippen LogP contribution in [0.3, 0.4) is 0 Å². The fourth-order valence-electron chi connectivity index (χ4n) is 1.96. The maximum Gasteiger partial charge on any atom is 0.456 e. The zero-order valence-corrected chi connectivity index (χ0v) is 10.5. The third-order valence-corrected chi connectivity index (χ3v) is 2.98. The minimum atomic E-state index is -4.95. The van der Waals surface area contributed by atoms with E-state index in [0.29, 0.717) is 5.69 Å². The van der Waals surface area contributed by atoms with E-state index in [0.717, 1.165) is 21.7 Å². The van der Waals surface area contributed by atoms with Crippen molar-refractivity contribution in [2.45, 2.75) is 6.18 Å². The number of benzene rings is 2. The van der Waals surface area contributed by atoms with E-state index in [2.05, 4.69) is 10.3 Å². The van der Waals surface area contributed by atoms with Gasteiger partial charge in [-0.3, -0.25) is 4.79 Å². The molecule has 1 aromatic heterocycles. The van der Waals surface area contributed by atoms with Gasteiger partial charge < -0.3 is 0 Å². The van der Waals surface area contributed by atoms with Gasteiger partial charge in [-0.2, -0.15) is 13.2 Å². The van der Waals surface area contributed by atoms with Crippen LogP contribution in [0, 0.1) is 0 Å². The number of hydrogen-bond acceptors (Lipinski definition) is 3. The summed E-state index contributed by atoms with van der Waals surface area (Å²) in [5.41, 5.74) is -0.196. The maximum atomic E-state index is 12.3. The fourth-order valence-corrected chi connectivity index (χ4v) is 1.96. The Morgan fingerprint density at radius 3 is 2.48 bits per heavy atom. The predicted octanol–water partition coefficient (Wildman–Crippen LogP) is 3.17. The first-order valence-electron chi connectivity index (χ1n) is 5.98. The Balaban J connectivity index is 2.00. The Morgan fingerprint density at radius 1 is 1.05 bits per heavy atom. The summed E-state index contributed by atoms with van der Waals surface area (Å²) in [4.78, 5) is 11.1. The minimum Gasteiger partial charge on any atom is -0.282 e. The third-order valence-electron chi connectivity index (χ3n) is 2.98. The van der Waals surface area contributed by atoms with Gasteiger partial charge in [0.1, 0.15) is 0 Å². The standard InChI is InChI=1S/C14H8F3N3O/c15-14(16,17)13(21)12-8-20(19-18-12)11-6-5-9-3-1-2-4-10(9)7-11/h1-8H. The number of fused-ring (bicyclic) bond motifs is 1. The molecule has 4 nitrogen and oxygen atoms in total. The van der Waals surface area contributed by atoms with Crippen LogP contribution in [0.1, 0.15) is 10.5 Å². The summed E-state index contributed by atoms with van der Waals surface area (Å²) in [7, 11) is 0. The molecule has 0 aliphatic carbocycles. The zero-order valence-electron chi connectivity index (χ0n) is 10.5. The largest absolute Gasteiger partial charge is 0.456 e. The van der Waals surface area contributed by atoms with Gasteiger partial charge in [0.2, 0.25) is 0 Å². The van der Waals surface area contributed by atoms with Crippen LogP contribution in [0.15, 0.2) is 48.7 Å². The first-order chi connectivity index (χ1) is 9.95. The normalized spacial score (nSPS) is 11.8. The number of halogens is 3. The fraction of sp³-hybridized carbons (Fsp3) is 0.0714. The minimum absolute atomic E-state index is 0.530. The number of carbonyl (C=O) groups excluding carboxylic acids is 1. The smallest absolute Gasteiger partial charge is 0.282 e. The summed E-state index contributed by atoms with van der Waals surface area (Å²) in [6.45, 7) is 0. The van der Waals surface area contributed by atoms with Crippen molar-refractivity contribution in [2.24, 2.45) is 0 Å². The number of alkyl halides is 3. The number of aromatic nitrogens is 3. The first-order valence-corrected chi connectivity index (χ1v) is 5.98. The summed E-state index contributed by atoms with van der Waals surface area (Å²) >= 11 is 0. The first kappa shape index (κ1) is 13.3. The van der Waals surface area contributed by atoms with Crippen LogP contribution in [0.25, 0.3) is 16.5 Å². The van der Waals surface area contributed by atoms with E-state index in [1.54, 1.807) is 12.1 Å². The van der Waals surface area contributed by atoms with Gasteiger partial charge in [0.05, 0.1) is 11.9 Å². The molecule has 0 saturated heterocycles. The number of hydrogen-bond donors (Lipinski definition) is 0. The van der Waals surface area contributed by atoms with Gasteiger partial charge in [-0.1, -0.05) is 35.5 Å². The molecule has 3 rings (SSSR count). The number of nitrogens with zero attached hydrogens (tertiary/aromatic N) is 3. The summed E-state index contributed by atoms with van der Waals surface area (Å²) in [6, 6.07) is 12.8. The lowest BCUT2D eigenvalue weighted by atomic mass is 10.1. The molecule has 2 aromatic carbocycles. The summed E-state index contributed by atoms with van der Waals surface area (Å²) < 4.78 is 38.1. The van der Waals surface area contributed by atoms with Crippen molar-refractivity contribution < 1.29 is 18.0 Å². The van der Waals surface area contributed by atoms with Crippen molar-refractivity contribution in [3.8, 4) is 5.69 Å². The highest BCUT2D eigenvalue weighted by atomic mass is 19.4. The van der Waals surface area contributed by atoms with Gasteiger partial charge in [-0.15, -0.1) is 5.10 Å². The average molecular weight is 291 g/mol. The van der Waals surface area contributed by atoms with Crippen LogP contribution >= 0.6 is 0 Å². The average Bonchev–Trinajstić information content (AvgIpc) is 2.94. The molecule has 0 unspecified atom stereocenters. The Kier molecular flexibility index (Phi) is 2.97. The van der Waals surface area contributed by atoms with Crippen molar-refractivity contribution >= 4 is 16.6 Å². The third kappa shape index (κ3) is 2.49. The van der Waals surface area contributed by atoms with Crippen LogP contribution in [-0.4, -0.2) is 27.0 Å². The Morgan fingerprint density at radius 2 is 1.76 bits per heavy atom. The molecule has 0 atom stereocenters. The van der Waals surface area contributed by atoms with Crippen LogP contribution < -0.4 is 0 Å². The van der Waals surface area contributed by atoms with Crippen molar-refractivity contribution in [2.75, 3.05) is 0 Å². The van der Waals surface area contributed by atoms with E-state index in [1.807, 2.05) is 30.3 Å². The molecule has 0 bridgehead atoms. The van der Waals surface area contributed by atoms with E-state index in [4.69, 9.17) is 0 Å². The highest BCUT2D eigenvalue weighted by Crippen LogP contribution is 2.21. The summed E-state index contributed by atoms with van der Waals surface area (Å²) in [5, 5.41) is 8.76. The van der Waals surface area contributed by atoms with Crippen LogP contribution in [0.4, 0.5) is 13.2 Å². The summed E-state index contributed by atoms with van der Waals surface area (Å²) in [6.07, 6.45) is -3.98. The highest BCUT2D eigenvalue weighted by molar-refractivity contribution is 5.98. The zero-order chi connectivity index (χ0) is 15.0. The van der Waals surface area contributed by atoms with E-state index >= 15 is 0 Å². The molecule has 21 heavy (non-hydrogen) atoms. The molecular weight excluding hydrogens is 283 g/mol. The molecule has 0 radical (unpaired) electrons. The van der Waals surface area contributed by atoms with Gasteiger partial charge in [0.15, 0.2) is 5.69 Å². The lowest BCUT2D eigenvalue weighted by Crippen LogP contribution is -2.23. The van der Waals surface area contributed by atoms with Crippen molar-refractivity contribution in [3.63, 3.8) is 0 Å². The van der Waals surface area contributed by atoms with Crippen LogP contribution in [0.2, 0.25) is 0 Å². The number of carbonyl (C=O) groups is 1. The number of rotatable bonds is 2. The molecule has 3 aromatic rings. The Hall–Kier alpha value is -2.70. The summed E-state index contributed by atoms with van der Waals surface area (Å²) in [5.74, 6) is -2.01. The van der Waals surface area contributed by atoms with E-state index in [-0.39, 0.29) is 0 Å². The van der Waals surface area contributed by atoms with Gasteiger partial charge in [-0.05, 0) is 22.9 Å². The van der Waals surface area contributed by atoms with Crippen molar-refractivity contribution in [3.05, 3.63) is 54.4 Å². The second kappa shape index (κ2) is 4.69. The van der Waals surface area contributed by atoms with Crippen LogP contribution in [0.5, 0.6) is 0 Å². The van der Waals surface area contributed by atoms with Gasteiger partial charge in [0, 0.05) is 0 Å².